The summed E-state index contributed by atoms with van der Waals surface area (Å²) >= 11 is 0. The van der Waals surface area contributed by atoms with Gasteiger partial charge in [0.15, 0.2) is 0 Å². The lowest BCUT2D eigenvalue weighted by Gasteiger charge is -2.23. The molecule has 96 valence electrons. The molecule has 0 aliphatic rings. The van der Waals surface area contributed by atoms with E-state index < -0.39 is 11.6 Å². The van der Waals surface area contributed by atoms with E-state index in [1.807, 2.05) is 0 Å². The van der Waals surface area contributed by atoms with Crippen LogP contribution in [0, 0.1) is 17.6 Å². The molecule has 0 radical (unpaired) electrons. The van der Waals surface area contributed by atoms with Crippen molar-refractivity contribution in [2.75, 3.05) is 6.54 Å². The van der Waals surface area contributed by atoms with Crippen molar-refractivity contribution in [3.05, 3.63) is 35.4 Å². The molecule has 0 amide bonds. The van der Waals surface area contributed by atoms with E-state index in [1.54, 1.807) is 6.07 Å². The number of benzene rings is 1. The summed E-state index contributed by atoms with van der Waals surface area (Å²) in [7, 11) is 0. The van der Waals surface area contributed by atoms with Gasteiger partial charge in [-0.1, -0.05) is 26.8 Å². The predicted molar refractivity (Wildman–Crippen MR) is 67.0 cm³/mol. The standard InChI is InChI=1S/C14H21F2N/c1-4-14(17-5-2)10(3)8-11-6-7-12(15)9-13(11)16/h6-7,9-10,14,17H,4-5,8H2,1-3H3. The van der Waals surface area contributed by atoms with E-state index in [9.17, 15) is 8.78 Å². The van der Waals surface area contributed by atoms with Gasteiger partial charge in [-0.15, -0.1) is 0 Å². The molecule has 0 saturated heterocycles. The van der Waals surface area contributed by atoms with Crippen LogP contribution in [0.15, 0.2) is 18.2 Å². The Bertz CT molecular complexity index is 352. The molecule has 0 spiro atoms. The highest BCUT2D eigenvalue weighted by Crippen LogP contribution is 2.17. The van der Waals surface area contributed by atoms with Gasteiger partial charge in [0.25, 0.3) is 0 Å². The van der Waals surface area contributed by atoms with Crippen LogP contribution in [0.5, 0.6) is 0 Å². The molecule has 0 fully saturated rings. The van der Waals surface area contributed by atoms with Crippen molar-refractivity contribution >= 4 is 0 Å². The van der Waals surface area contributed by atoms with Crippen molar-refractivity contribution in [3.8, 4) is 0 Å². The lowest BCUT2D eigenvalue weighted by molar-refractivity contribution is 0.367. The van der Waals surface area contributed by atoms with Gasteiger partial charge in [-0.25, -0.2) is 8.78 Å². The molecule has 0 bridgehead atoms. The van der Waals surface area contributed by atoms with Gasteiger partial charge in [-0.2, -0.15) is 0 Å². The zero-order valence-electron chi connectivity index (χ0n) is 10.8. The summed E-state index contributed by atoms with van der Waals surface area (Å²) in [6.07, 6.45) is 1.65. The maximum Gasteiger partial charge on any atom is 0.129 e. The molecule has 1 N–H and O–H groups in total. The maximum absolute atomic E-state index is 13.5. The van der Waals surface area contributed by atoms with Crippen LogP contribution in [0.4, 0.5) is 8.78 Å². The van der Waals surface area contributed by atoms with Crippen molar-refractivity contribution in [2.45, 2.75) is 39.7 Å². The Morgan fingerprint density at radius 3 is 2.47 bits per heavy atom. The van der Waals surface area contributed by atoms with E-state index in [1.165, 1.54) is 6.07 Å². The SMILES string of the molecule is CCNC(CC)C(C)Cc1ccc(F)cc1F. The second-order valence-corrected chi connectivity index (χ2v) is 4.49. The Balaban J connectivity index is 2.69. The highest BCUT2D eigenvalue weighted by molar-refractivity contribution is 5.19. The normalized spacial score (nSPS) is 14.6. The quantitative estimate of drug-likeness (QED) is 0.803. The van der Waals surface area contributed by atoms with Gasteiger partial charge in [0.1, 0.15) is 11.6 Å². The molecule has 1 aromatic rings. The van der Waals surface area contributed by atoms with Crippen molar-refractivity contribution in [1.82, 2.24) is 5.32 Å². The number of rotatable bonds is 6. The first kappa shape index (κ1) is 14.1. The average molecular weight is 241 g/mol. The van der Waals surface area contributed by atoms with Gasteiger partial charge in [-0.05, 0) is 36.9 Å². The third kappa shape index (κ3) is 4.08. The van der Waals surface area contributed by atoms with E-state index >= 15 is 0 Å². The van der Waals surface area contributed by atoms with Crippen molar-refractivity contribution in [2.24, 2.45) is 5.92 Å². The van der Waals surface area contributed by atoms with Crippen LogP contribution in [0.2, 0.25) is 0 Å². The van der Waals surface area contributed by atoms with Gasteiger partial charge in [0.2, 0.25) is 0 Å². The van der Waals surface area contributed by atoms with E-state index in [4.69, 9.17) is 0 Å². The van der Waals surface area contributed by atoms with E-state index in [-0.39, 0.29) is 0 Å². The lowest BCUT2D eigenvalue weighted by Crippen LogP contribution is -2.35. The highest BCUT2D eigenvalue weighted by atomic mass is 19.1. The van der Waals surface area contributed by atoms with Crippen molar-refractivity contribution in [1.29, 1.82) is 0 Å². The molecule has 1 rings (SSSR count). The summed E-state index contributed by atoms with van der Waals surface area (Å²) in [5.41, 5.74) is 0.593. The summed E-state index contributed by atoms with van der Waals surface area (Å²) in [5.74, 6) is -0.624. The fourth-order valence-corrected chi connectivity index (χ4v) is 2.19. The van der Waals surface area contributed by atoms with Gasteiger partial charge < -0.3 is 5.32 Å². The monoisotopic (exact) mass is 241 g/mol. The Kier molecular flexibility index (Phi) is 5.56. The minimum Gasteiger partial charge on any atom is -0.314 e. The van der Waals surface area contributed by atoms with Crippen LogP contribution in [0.25, 0.3) is 0 Å². The molecule has 1 aromatic carbocycles. The maximum atomic E-state index is 13.5. The lowest BCUT2D eigenvalue weighted by atomic mass is 9.92. The molecular weight excluding hydrogens is 220 g/mol. The van der Waals surface area contributed by atoms with Crippen LogP contribution in [0.1, 0.15) is 32.8 Å². The van der Waals surface area contributed by atoms with Gasteiger partial charge in [0, 0.05) is 12.1 Å². The minimum absolute atomic E-state index is 0.333. The van der Waals surface area contributed by atoms with Crippen LogP contribution >= 0.6 is 0 Å². The number of halogens is 2. The fraction of sp³-hybridized carbons (Fsp3) is 0.571. The Hall–Kier alpha value is -0.960. The summed E-state index contributed by atoms with van der Waals surface area (Å²) < 4.78 is 26.3. The average Bonchev–Trinajstić information content (AvgIpc) is 2.29. The molecule has 0 aromatic heterocycles. The predicted octanol–water partition coefficient (Wildman–Crippen LogP) is 3.53. The number of hydrogen-bond donors (Lipinski definition) is 1. The largest absolute Gasteiger partial charge is 0.314 e. The van der Waals surface area contributed by atoms with E-state index in [0.717, 1.165) is 19.0 Å². The highest BCUT2D eigenvalue weighted by Gasteiger charge is 2.16. The molecule has 2 unspecified atom stereocenters. The Labute approximate surface area is 102 Å². The molecular formula is C14H21F2N. The molecule has 0 heterocycles. The number of hydrogen-bond acceptors (Lipinski definition) is 1. The van der Waals surface area contributed by atoms with Crippen LogP contribution < -0.4 is 5.32 Å². The summed E-state index contributed by atoms with van der Waals surface area (Å²) in [5, 5.41) is 3.39. The topological polar surface area (TPSA) is 12.0 Å². The Morgan fingerprint density at radius 2 is 1.94 bits per heavy atom. The van der Waals surface area contributed by atoms with Crippen LogP contribution in [0.3, 0.4) is 0 Å². The summed E-state index contributed by atoms with van der Waals surface area (Å²) in [6.45, 7) is 7.19. The van der Waals surface area contributed by atoms with Crippen molar-refractivity contribution < 1.29 is 8.78 Å². The zero-order chi connectivity index (χ0) is 12.8. The van der Waals surface area contributed by atoms with Gasteiger partial charge in [-0.3, -0.25) is 0 Å². The van der Waals surface area contributed by atoms with E-state index in [2.05, 4.69) is 26.1 Å². The minimum atomic E-state index is -0.516. The van der Waals surface area contributed by atoms with E-state index in [0.29, 0.717) is 23.9 Å². The number of nitrogens with one attached hydrogen (secondary N) is 1. The van der Waals surface area contributed by atoms with Crippen LogP contribution in [-0.2, 0) is 6.42 Å². The third-order valence-electron chi connectivity index (χ3n) is 3.15. The zero-order valence-corrected chi connectivity index (χ0v) is 10.8. The molecule has 1 nitrogen and oxygen atoms in total. The second kappa shape index (κ2) is 6.70. The second-order valence-electron chi connectivity index (χ2n) is 4.49. The summed E-state index contributed by atoms with van der Waals surface area (Å²) in [4.78, 5) is 0. The molecule has 3 heteroatoms. The molecule has 2 atom stereocenters. The first-order valence-corrected chi connectivity index (χ1v) is 6.25. The third-order valence-corrected chi connectivity index (χ3v) is 3.15. The van der Waals surface area contributed by atoms with Gasteiger partial charge >= 0.3 is 0 Å². The van der Waals surface area contributed by atoms with Crippen LogP contribution in [-0.4, -0.2) is 12.6 Å². The smallest absolute Gasteiger partial charge is 0.129 e. The molecule has 17 heavy (non-hydrogen) atoms. The van der Waals surface area contributed by atoms with Crippen molar-refractivity contribution in [3.63, 3.8) is 0 Å². The Morgan fingerprint density at radius 1 is 1.24 bits per heavy atom. The molecule has 0 aliphatic heterocycles. The molecule has 0 saturated carbocycles. The first-order chi connectivity index (χ1) is 8.08. The molecule has 0 aliphatic carbocycles. The van der Waals surface area contributed by atoms with Gasteiger partial charge in [0.05, 0.1) is 0 Å². The fourth-order valence-electron chi connectivity index (χ4n) is 2.19. The first-order valence-electron chi connectivity index (χ1n) is 6.25. The summed E-state index contributed by atoms with van der Waals surface area (Å²) in [6, 6.07) is 4.19.